The van der Waals surface area contributed by atoms with E-state index in [9.17, 15) is 14.4 Å². The van der Waals surface area contributed by atoms with Gasteiger partial charge in [0.25, 0.3) is 0 Å². The third-order valence-electron chi connectivity index (χ3n) is 6.48. The number of amides is 3. The maximum atomic E-state index is 12.8. The molecule has 154 valence electrons. The molecule has 0 bridgehead atoms. The van der Waals surface area contributed by atoms with E-state index in [4.69, 9.17) is 4.74 Å². The SMILES string of the molecule is O=C(CCN1C(=O)C2CCCCC2C1=O)NC1c2ccccc2Oc2ccccc21. The highest BCUT2D eigenvalue weighted by Gasteiger charge is 2.47. The summed E-state index contributed by atoms with van der Waals surface area (Å²) in [5.41, 5.74) is 1.78. The van der Waals surface area contributed by atoms with Gasteiger partial charge in [-0.3, -0.25) is 19.3 Å². The zero-order valence-electron chi connectivity index (χ0n) is 16.7. The summed E-state index contributed by atoms with van der Waals surface area (Å²) in [7, 11) is 0. The van der Waals surface area contributed by atoms with Gasteiger partial charge in [-0.05, 0) is 25.0 Å². The molecule has 2 aromatic rings. The lowest BCUT2D eigenvalue weighted by atomic mass is 9.81. The number of para-hydroxylation sites is 2. The highest BCUT2D eigenvalue weighted by atomic mass is 16.5. The minimum atomic E-state index is -0.328. The van der Waals surface area contributed by atoms with E-state index in [2.05, 4.69) is 5.32 Å². The van der Waals surface area contributed by atoms with Crippen LogP contribution < -0.4 is 10.1 Å². The molecular weight excluding hydrogens is 380 g/mol. The van der Waals surface area contributed by atoms with E-state index in [0.717, 1.165) is 48.3 Å². The Labute approximate surface area is 175 Å². The third kappa shape index (κ3) is 3.16. The number of imide groups is 1. The molecule has 6 nitrogen and oxygen atoms in total. The Morgan fingerprint density at radius 3 is 2.00 bits per heavy atom. The number of nitrogens with one attached hydrogen (secondary N) is 1. The van der Waals surface area contributed by atoms with Gasteiger partial charge in [0, 0.05) is 24.1 Å². The first kappa shape index (κ1) is 18.9. The van der Waals surface area contributed by atoms with Gasteiger partial charge in [0.2, 0.25) is 17.7 Å². The van der Waals surface area contributed by atoms with Crippen molar-refractivity contribution < 1.29 is 19.1 Å². The fourth-order valence-corrected chi connectivity index (χ4v) is 4.96. The number of carbonyl (C=O) groups excluding carboxylic acids is 3. The monoisotopic (exact) mass is 404 g/mol. The molecule has 2 aliphatic heterocycles. The Hall–Kier alpha value is -3.15. The van der Waals surface area contributed by atoms with Crippen LogP contribution in [0.4, 0.5) is 0 Å². The van der Waals surface area contributed by atoms with E-state index in [-0.39, 0.29) is 48.6 Å². The smallest absolute Gasteiger partial charge is 0.233 e. The lowest BCUT2D eigenvalue weighted by Gasteiger charge is -2.29. The Morgan fingerprint density at radius 1 is 0.900 bits per heavy atom. The first-order valence-corrected chi connectivity index (χ1v) is 10.6. The van der Waals surface area contributed by atoms with Crippen molar-refractivity contribution >= 4 is 17.7 Å². The third-order valence-corrected chi connectivity index (χ3v) is 6.48. The molecule has 3 aliphatic rings. The minimum Gasteiger partial charge on any atom is -0.457 e. The predicted molar refractivity (Wildman–Crippen MR) is 110 cm³/mol. The van der Waals surface area contributed by atoms with Gasteiger partial charge >= 0.3 is 0 Å². The van der Waals surface area contributed by atoms with Crippen molar-refractivity contribution in [3.8, 4) is 11.5 Å². The number of nitrogens with zero attached hydrogens (tertiary/aromatic N) is 1. The van der Waals surface area contributed by atoms with E-state index < -0.39 is 0 Å². The molecule has 2 heterocycles. The van der Waals surface area contributed by atoms with Crippen LogP contribution in [0.2, 0.25) is 0 Å². The topological polar surface area (TPSA) is 75.7 Å². The minimum absolute atomic E-state index is 0.0958. The van der Waals surface area contributed by atoms with Crippen LogP contribution in [-0.4, -0.2) is 29.2 Å². The van der Waals surface area contributed by atoms with Crippen LogP contribution in [0.15, 0.2) is 48.5 Å². The fourth-order valence-electron chi connectivity index (χ4n) is 4.96. The van der Waals surface area contributed by atoms with Crippen LogP contribution in [0.25, 0.3) is 0 Å². The number of carbonyl (C=O) groups is 3. The summed E-state index contributed by atoms with van der Waals surface area (Å²) in [6.07, 6.45) is 3.66. The van der Waals surface area contributed by atoms with E-state index in [1.54, 1.807) is 0 Å². The van der Waals surface area contributed by atoms with Crippen LogP contribution in [0, 0.1) is 11.8 Å². The molecule has 2 fully saturated rings. The van der Waals surface area contributed by atoms with Crippen LogP contribution >= 0.6 is 0 Å². The molecule has 3 amide bonds. The predicted octanol–water partition coefficient (Wildman–Crippen LogP) is 3.56. The number of likely N-dealkylation sites (tertiary alicyclic amines) is 1. The number of ether oxygens (including phenoxy) is 1. The van der Waals surface area contributed by atoms with E-state index in [1.165, 1.54) is 4.90 Å². The largest absolute Gasteiger partial charge is 0.457 e. The molecule has 2 atom stereocenters. The quantitative estimate of drug-likeness (QED) is 0.791. The molecule has 1 N–H and O–H groups in total. The summed E-state index contributed by atoms with van der Waals surface area (Å²) in [5.74, 6) is 0.693. The molecular formula is C24H24N2O4. The molecule has 0 spiro atoms. The van der Waals surface area contributed by atoms with Gasteiger partial charge in [-0.15, -0.1) is 0 Å². The summed E-state index contributed by atoms with van der Waals surface area (Å²) in [6.45, 7) is 0.142. The lowest BCUT2D eigenvalue weighted by Crippen LogP contribution is -2.37. The molecule has 1 saturated carbocycles. The van der Waals surface area contributed by atoms with Crippen molar-refractivity contribution in [3.63, 3.8) is 0 Å². The van der Waals surface area contributed by atoms with E-state index >= 15 is 0 Å². The van der Waals surface area contributed by atoms with Gasteiger partial charge in [-0.25, -0.2) is 0 Å². The standard InChI is InChI=1S/C24H24N2O4/c27-21(13-14-26-23(28)15-7-1-2-8-16(15)24(26)29)25-22-17-9-3-5-11-19(17)30-20-12-6-4-10-18(20)22/h3-6,9-12,15-16,22H,1-2,7-8,13-14H2,(H,25,27). The van der Waals surface area contributed by atoms with Crippen LogP contribution in [-0.2, 0) is 14.4 Å². The summed E-state index contributed by atoms with van der Waals surface area (Å²) < 4.78 is 5.96. The fraction of sp³-hybridized carbons (Fsp3) is 0.375. The zero-order valence-corrected chi connectivity index (χ0v) is 16.7. The number of rotatable bonds is 4. The van der Waals surface area contributed by atoms with Crippen LogP contribution in [0.5, 0.6) is 11.5 Å². The van der Waals surface area contributed by atoms with Crippen molar-refractivity contribution in [2.45, 2.75) is 38.1 Å². The molecule has 0 radical (unpaired) electrons. The molecule has 1 aliphatic carbocycles. The number of hydrogen-bond donors (Lipinski definition) is 1. The first-order chi connectivity index (χ1) is 14.6. The Bertz CT molecular complexity index is 948. The van der Waals surface area contributed by atoms with Crippen molar-refractivity contribution in [3.05, 3.63) is 59.7 Å². The summed E-state index contributed by atoms with van der Waals surface area (Å²) in [6, 6.07) is 14.9. The van der Waals surface area contributed by atoms with Crippen molar-refractivity contribution in [1.29, 1.82) is 0 Å². The average molecular weight is 404 g/mol. The summed E-state index contributed by atoms with van der Waals surface area (Å²) >= 11 is 0. The Balaban J connectivity index is 1.30. The van der Waals surface area contributed by atoms with Gasteiger partial charge in [0.15, 0.2) is 0 Å². The Kier molecular flexibility index (Phi) is 4.77. The number of benzene rings is 2. The number of hydrogen-bond acceptors (Lipinski definition) is 4. The summed E-state index contributed by atoms with van der Waals surface area (Å²) in [5, 5.41) is 3.08. The van der Waals surface area contributed by atoms with Crippen molar-refractivity contribution in [2.75, 3.05) is 6.54 Å². The van der Waals surface area contributed by atoms with E-state index in [1.807, 2.05) is 48.5 Å². The van der Waals surface area contributed by atoms with Crippen LogP contribution in [0.1, 0.15) is 49.3 Å². The van der Waals surface area contributed by atoms with Gasteiger partial charge in [0.1, 0.15) is 11.5 Å². The maximum absolute atomic E-state index is 12.8. The molecule has 30 heavy (non-hydrogen) atoms. The molecule has 2 unspecified atom stereocenters. The highest BCUT2D eigenvalue weighted by Crippen LogP contribution is 2.42. The second-order valence-electron chi connectivity index (χ2n) is 8.25. The molecule has 6 heteroatoms. The van der Waals surface area contributed by atoms with Crippen LogP contribution in [0.3, 0.4) is 0 Å². The van der Waals surface area contributed by atoms with Gasteiger partial charge in [-0.2, -0.15) is 0 Å². The molecule has 0 aromatic heterocycles. The lowest BCUT2D eigenvalue weighted by molar-refractivity contribution is -0.140. The second-order valence-corrected chi connectivity index (χ2v) is 8.25. The van der Waals surface area contributed by atoms with Gasteiger partial charge < -0.3 is 10.1 Å². The average Bonchev–Trinajstić information content (AvgIpc) is 3.02. The van der Waals surface area contributed by atoms with Crippen molar-refractivity contribution in [1.82, 2.24) is 10.2 Å². The summed E-state index contributed by atoms with van der Waals surface area (Å²) in [4.78, 5) is 39.4. The van der Waals surface area contributed by atoms with Gasteiger partial charge in [0.05, 0.1) is 17.9 Å². The van der Waals surface area contributed by atoms with E-state index in [0.29, 0.717) is 0 Å². The van der Waals surface area contributed by atoms with Gasteiger partial charge in [-0.1, -0.05) is 49.2 Å². The molecule has 2 aromatic carbocycles. The second kappa shape index (κ2) is 7.59. The zero-order chi connectivity index (χ0) is 20.7. The first-order valence-electron chi connectivity index (χ1n) is 10.6. The molecule has 1 saturated heterocycles. The normalized spacial score (nSPS) is 22.7. The maximum Gasteiger partial charge on any atom is 0.233 e. The molecule has 5 rings (SSSR count). The highest BCUT2D eigenvalue weighted by molar-refractivity contribution is 6.05. The van der Waals surface area contributed by atoms with Crippen molar-refractivity contribution in [2.24, 2.45) is 11.8 Å². The number of fused-ring (bicyclic) bond motifs is 3. The Morgan fingerprint density at radius 2 is 1.43 bits per heavy atom.